The molecular formula is C14H19ClN2O2. The van der Waals surface area contributed by atoms with E-state index < -0.39 is 0 Å². The summed E-state index contributed by atoms with van der Waals surface area (Å²) in [5, 5.41) is 3.28. The number of hydrogen-bond acceptors (Lipinski definition) is 3. The molecule has 0 unspecified atom stereocenters. The summed E-state index contributed by atoms with van der Waals surface area (Å²) in [6, 6.07) is 5.07. The van der Waals surface area contributed by atoms with Crippen molar-refractivity contribution in [1.82, 2.24) is 0 Å². The maximum absolute atomic E-state index is 11.9. The van der Waals surface area contributed by atoms with Gasteiger partial charge in [0.25, 0.3) is 0 Å². The summed E-state index contributed by atoms with van der Waals surface area (Å²) in [5.41, 5.74) is 6.80. The van der Waals surface area contributed by atoms with E-state index >= 15 is 0 Å². The first-order valence-electron chi connectivity index (χ1n) is 6.55. The Morgan fingerprint density at radius 1 is 1.53 bits per heavy atom. The molecule has 0 aromatic heterocycles. The molecule has 1 saturated carbocycles. The second-order valence-corrected chi connectivity index (χ2v) is 5.31. The zero-order chi connectivity index (χ0) is 13.8. The van der Waals surface area contributed by atoms with Crippen LogP contribution in [0.2, 0.25) is 5.02 Å². The number of ether oxygens (including phenoxy) is 1. The van der Waals surface area contributed by atoms with Crippen molar-refractivity contribution in [2.24, 2.45) is 5.92 Å². The van der Waals surface area contributed by atoms with Crippen molar-refractivity contribution in [3.05, 3.63) is 23.2 Å². The molecule has 104 valence electrons. The Hall–Kier alpha value is -1.26. The average Bonchev–Trinajstić information content (AvgIpc) is 2.30. The minimum atomic E-state index is -0.00776. The molecule has 0 spiro atoms. The van der Waals surface area contributed by atoms with Crippen molar-refractivity contribution in [3.63, 3.8) is 0 Å². The van der Waals surface area contributed by atoms with Gasteiger partial charge in [0.15, 0.2) is 0 Å². The van der Waals surface area contributed by atoms with E-state index in [1.807, 2.05) is 6.92 Å². The minimum Gasteiger partial charge on any atom is -0.399 e. The summed E-state index contributed by atoms with van der Waals surface area (Å²) >= 11 is 6.01. The summed E-state index contributed by atoms with van der Waals surface area (Å²) in [6.07, 6.45) is 2.79. The Bertz CT molecular complexity index is 459. The van der Waals surface area contributed by atoms with Crippen molar-refractivity contribution in [2.75, 3.05) is 17.7 Å². The van der Waals surface area contributed by atoms with E-state index in [2.05, 4.69) is 5.32 Å². The summed E-state index contributed by atoms with van der Waals surface area (Å²) < 4.78 is 5.47. The van der Waals surface area contributed by atoms with E-state index in [-0.39, 0.29) is 5.91 Å². The molecule has 4 nitrogen and oxygen atoms in total. The highest BCUT2D eigenvalue weighted by atomic mass is 35.5. The SMILES string of the molecule is CCOC1CC(CC(=O)Nc2ccc(N)cc2Cl)C1. The zero-order valence-electron chi connectivity index (χ0n) is 11.0. The number of nitrogen functional groups attached to an aromatic ring is 1. The molecule has 19 heavy (non-hydrogen) atoms. The van der Waals surface area contributed by atoms with Crippen molar-refractivity contribution < 1.29 is 9.53 Å². The quantitative estimate of drug-likeness (QED) is 0.816. The number of hydrogen-bond donors (Lipinski definition) is 2. The molecule has 1 aromatic rings. The van der Waals surface area contributed by atoms with Gasteiger partial charge in [-0.05, 0) is 43.9 Å². The highest BCUT2D eigenvalue weighted by molar-refractivity contribution is 6.34. The number of amides is 1. The summed E-state index contributed by atoms with van der Waals surface area (Å²) in [4.78, 5) is 11.9. The largest absolute Gasteiger partial charge is 0.399 e. The first-order chi connectivity index (χ1) is 9.08. The van der Waals surface area contributed by atoms with Crippen molar-refractivity contribution in [3.8, 4) is 0 Å². The van der Waals surface area contributed by atoms with Crippen LogP contribution in [0, 0.1) is 5.92 Å². The van der Waals surface area contributed by atoms with Crippen LogP contribution in [0.1, 0.15) is 26.2 Å². The van der Waals surface area contributed by atoms with Gasteiger partial charge in [-0.15, -0.1) is 0 Å². The van der Waals surface area contributed by atoms with E-state index in [4.69, 9.17) is 22.1 Å². The molecule has 0 atom stereocenters. The van der Waals surface area contributed by atoms with E-state index in [1.54, 1.807) is 18.2 Å². The number of rotatable bonds is 5. The van der Waals surface area contributed by atoms with Crippen molar-refractivity contribution >= 4 is 28.9 Å². The van der Waals surface area contributed by atoms with Crippen LogP contribution >= 0.6 is 11.6 Å². The van der Waals surface area contributed by atoms with Crippen LogP contribution in [0.3, 0.4) is 0 Å². The molecule has 0 saturated heterocycles. The molecule has 1 aliphatic rings. The lowest BCUT2D eigenvalue weighted by Gasteiger charge is -2.34. The first kappa shape index (κ1) is 14.2. The Morgan fingerprint density at radius 2 is 2.26 bits per heavy atom. The third kappa shape index (κ3) is 3.85. The molecule has 0 bridgehead atoms. The fourth-order valence-electron chi connectivity index (χ4n) is 2.31. The molecule has 1 aromatic carbocycles. The lowest BCUT2D eigenvalue weighted by molar-refractivity contribution is -0.119. The predicted molar refractivity (Wildman–Crippen MR) is 77.2 cm³/mol. The standard InChI is InChI=1S/C14H19ClN2O2/c1-2-19-11-5-9(6-11)7-14(18)17-13-4-3-10(16)8-12(13)15/h3-4,8-9,11H,2,5-7,16H2,1H3,(H,17,18). The molecule has 5 heteroatoms. The van der Waals surface area contributed by atoms with Gasteiger partial charge in [0.1, 0.15) is 0 Å². The van der Waals surface area contributed by atoms with Gasteiger partial charge in [-0.3, -0.25) is 4.79 Å². The van der Waals surface area contributed by atoms with Gasteiger partial charge >= 0.3 is 0 Å². The van der Waals surface area contributed by atoms with Gasteiger partial charge in [0, 0.05) is 18.7 Å². The van der Waals surface area contributed by atoms with E-state index in [0.29, 0.717) is 34.8 Å². The Morgan fingerprint density at radius 3 is 2.89 bits per heavy atom. The fourth-order valence-corrected chi connectivity index (χ4v) is 2.55. The maximum Gasteiger partial charge on any atom is 0.224 e. The Kier molecular flexibility index (Phi) is 4.66. The molecular weight excluding hydrogens is 264 g/mol. The number of benzene rings is 1. The van der Waals surface area contributed by atoms with Gasteiger partial charge in [-0.1, -0.05) is 11.6 Å². The van der Waals surface area contributed by atoms with Crippen molar-refractivity contribution in [1.29, 1.82) is 0 Å². The van der Waals surface area contributed by atoms with Gasteiger partial charge in [-0.2, -0.15) is 0 Å². The van der Waals surface area contributed by atoms with Crippen LogP contribution in [-0.2, 0) is 9.53 Å². The molecule has 1 aliphatic carbocycles. The fraction of sp³-hybridized carbons (Fsp3) is 0.500. The normalized spacial score (nSPS) is 21.8. The Balaban J connectivity index is 1.79. The smallest absolute Gasteiger partial charge is 0.224 e. The van der Waals surface area contributed by atoms with E-state index in [1.165, 1.54) is 0 Å². The maximum atomic E-state index is 11.9. The average molecular weight is 283 g/mol. The lowest BCUT2D eigenvalue weighted by Crippen LogP contribution is -2.33. The summed E-state index contributed by atoms with van der Waals surface area (Å²) in [7, 11) is 0. The van der Waals surface area contributed by atoms with Crippen LogP contribution in [0.4, 0.5) is 11.4 Å². The number of nitrogens with two attached hydrogens (primary N) is 1. The lowest BCUT2D eigenvalue weighted by atomic mass is 9.80. The molecule has 0 heterocycles. The number of halogens is 1. The van der Waals surface area contributed by atoms with Gasteiger partial charge < -0.3 is 15.8 Å². The third-order valence-corrected chi connectivity index (χ3v) is 3.65. The number of nitrogens with one attached hydrogen (secondary N) is 1. The monoisotopic (exact) mass is 282 g/mol. The summed E-state index contributed by atoms with van der Waals surface area (Å²) in [5.74, 6) is 0.413. The third-order valence-electron chi connectivity index (χ3n) is 3.34. The second-order valence-electron chi connectivity index (χ2n) is 4.91. The predicted octanol–water partition coefficient (Wildman–Crippen LogP) is 3.07. The van der Waals surface area contributed by atoms with E-state index in [0.717, 1.165) is 19.4 Å². The van der Waals surface area contributed by atoms with Gasteiger partial charge in [0.2, 0.25) is 5.91 Å². The molecule has 3 N–H and O–H groups in total. The molecule has 2 rings (SSSR count). The van der Waals surface area contributed by atoms with Crippen LogP contribution < -0.4 is 11.1 Å². The number of carbonyl (C=O) groups is 1. The Labute approximate surface area is 118 Å². The number of anilines is 2. The highest BCUT2D eigenvalue weighted by Crippen LogP contribution is 2.33. The van der Waals surface area contributed by atoms with Gasteiger partial charge in [0.05, 0.1) is 16.8 Å². The zero-order valence-corrected chi connectivity index (χ0v) is 11.7. The first-order valence-corrected chi connectivity index (χ1v) is 6.92. The van der Waals surface area contributed by atoms with Crippen LogP contribution in [0.25, 0.3) is 0 Å². The molecule has 1 amide bonds. The molecule has 1 fully saturated rings. The highest BCUT2D eigenvalue weighted by Gasteiger charge is 2.31. The van der Waals surface area contributed by atoms with Crippen LogP contribution in [0.5, 0.6) is 0 Å². The topological polar surface area (TPSA) is 64.3 Å². The van der Waals surface area contributed by atoms with Crippen LogP contribution in [0.15, 0.2) is 18.2 Å². The van der Waals surface area contributed by atoms with Gasteiger partial charge in [-0.25, -0.2) is 0 Å². The number of carbonyl (C=O) groups excluding carboxylic acids is 1. The van der Waals surface area contributed by atoms with E-state index in [9.17, 15) is 4.79 Å². The molecule has 0 radical (unpaired) electrons. The summed E-state index contributed by atoms with van der Waals surface area (Å²) in [6.45, 7) is 2.73. The molecule has 0 aliphatic heterocycles. The second kappa shape index (κ2) is 6.26. The minimum absolute atomic E-state index is 0.00776. The van der Waals surface area contributed by atoms with Crippen molar-refractivity contribution in [2.45, 2.75) is 32.3 Å². The van der Waals surface area contributed by atoms with Crippen LogP contribution in [-0.4, -0.2) is 18.6 Å².